The third-order valence-electron chi connectivity index (χ3n) is 2.67. The highest BCUT2D eigenvalue weighted by molar-refractivity contribution is 7.89. The quantitative estimate of drug-likeness (QED) is 0.793. The summed E-state index contributed by atoms with van der Waals surface area (Å²) >= 11 is 0. The van der Waals surface area contributed by atoms with Crippen LogP contribution in [0.2, 0.25) is 0 Å². The van der Waals surface area contributed by atoms with Crippen molar-refractivity contribution in [2.24, 2.45) is 0 Å². The molecule has 0 fully saturated rings. The Morgan fingerprint density at radius 3 is 2.32 bits per heavy atom. The summed E-state index contributed by atoms with van der Waals surface area (Å²) in [5.74, 6) is 0. The van der Waals surface area contributed by atoms with E-state index in [1.165, 1.54) is 0 Å². The summed E-state index contributed by atoms with van der Waals surface area (Å²) in [4.78, 5) is 0.211. The zero-order valence-electron chi connectivity index (χ0n) is 11.3. The molecule has 0 amide bonds. The molecule has 0 aliphatic carbocycles. The van der Waals surface area contributed by atoms with E-state index in [9.17, 15) is 12.6 Å². The first-order chi connectivity index (χ1) is 8.86. The van der Waals surface area contributed by atoms with Crippen LogP contribution in [0.1, 0.15) is 13.8 Å². The molecule has 0 aliphatic heterocycles. The predicted octanol–water partition coefficient (Wildman–Crippen LogP) is 1.16. The lowest BCUT2D eigenvalue weighted by Crippen LogP contribution is -2.32. The van der Waals surface area contributed by atoms with E-state index in [2.05, 4.69) is 10.0 Å². The average molecular weight is 304 g/mol. The monoisotopic (exact) mass is 304 g/mol. The summed E-state index contributed by atoms with van der Waals surface area (Å²) < 4.78 is 37.6. The van der Waals surface area contributed by atoms with Crippen molar-refractivity contribution in [3.05, 3.63) is 24.3 Å². The molecule has 1 aromatic rings. The molecular formula is C12H20N2O3S2. The molecule has 0 saturated heterocycles. The smallest absolute Gasteiger partial charge is 0.240 e. The summed E-state index contributed by atoms with van der Waals surface area (Å²) in [6.45, 7) is 4.66. The van der Waals surface area contributed by atoms with E-state index in [1.807, 2.05) is 6.92 Å². The second kappa shape index (κ2) is 7.02. The van der Waals surface area contributed by atoms with E-state index >= 15 is 0 Å². The SMILES string of the molecule is CCNc1ccc(S(=O)(=O)NCC(C)S(C)=O)cc1. The van der Waals surface area contributed by atoms with E-state index in [0.29, 0.717) is 0 Å². The van der Waals surface area contributed by atoms with Gasteiger partial charge in [0, 0.05) is 41.1 Å². The van der Waals surface area contributed by atoms with Crippen LogP contribution >= 0.6 is 0 Å². The number of nitrogens with one attached hydrogen (secondary N) is 2. The normalized spacial score (nSPS) is 14.9. The number of benzene rings is 1. The Morgan fingerprint density at radius 2 is 1.84 bits per heavy atom. The van der Waals surface area contributed by atoms with Gasteiger partial charge in [-0.1, -0.05) is 0 Å². The maximum Gasteiger partial charge on any atom is 0.240 e. The summed E-state index contributed by atoms with van der Waals surface area (Å²) in [5.41, 5.74) is 0.879. The molecule has 0 aliphatic rings. The second-order valence-electron chi connectivity index (χ2n) is 4.22. The van der Waals surface area contributed by atoms with Gasteiger partial charge in [0.25, 0.3) is 0 Å². The standard InChI is InChI=1S/C12H20N2O3S2/c1-4-13-11-5-7-12(8-6-11)19(16,17)14-9-10(2)18(3)15/h5-8,10,13-14H,4,9H2,1-3H3. The van der Waals surface area contributed by atoms with Crippen LogP contribution < -0.4 is 10.0 Å². The maximum atomic E-state index is 12.0. The molecule has 5 nitrogen and oxygen atoms in total. The van der Waals surface area contributed by atoms with Crippen LogP contribution in [0, 0.1) is 0 Å². The van der Waals surface area contributed by atoms with Gasteiger partial charge < -0.3 is 5.32 Å². The van der Waals surface area contributed by atoms with E-state index in [1.54, 1.807) is 37.4 Å². The molecule has 2 atom stereocenters. The highest BCUT2D eigenvalue weighted by Gasteiger charge is 2.16. The Hall–Kier alpha value is -0.920. The van der Waals surface area contributed by atoms with E-state index in [0.717, 1.165) is 12.2 Å². The third-order valence-corrected chi connectivity index (χ3v) is 5.41. The van der Waals surface area contributed by atoms with Crippen LogP contribution in [0.4, 0.5) is 5.69 Å². The van der Waals surface area contributed by atoms with Gasteiger partial charge >= 0.3 is 0 Å². The third kappa shape index (κ3) is 4.93. The Bertz CT molecular complexity index is 526. The minimum Gasteiger partial charge on any atom is -0.385 e. The predicted molar refractivity (Wildman–Crippen MR) is 79.3 cm³/mol. The molecule has 0 heterocycles. The fourth-order valence-corrected chi connectivity index (χ4v) is 2.94. The van der Waals surface area contributed by atoms with Crippen LogP contribution in [-0.4, -0.2) is 37.2 Å². The molecule has 7 heteroatoms. The topological polar surface area (TPSA) is 75.3 Å². The molecule has 0 bridgehead atoms. The Balaban J connectivity index is 2.74. The van der Waals surface area contributed by atoms with Gasteiger partial charge in [0.15, 0.2) is 0 Å². The molecule has 0 saturated carbocycles. The molecule has 1 aromatic carbocycles. The van der Waals surface area contributed by atoms with Crippen molar-refractivity contribution in [2.75, 3.05) is 24.7 Å². The van der Waals surface area contributed by atoms with Crippen molar-refractivity contribution in [2.45, 2.75) is 24.0 Å². The molecular weight excluding hydrogens is 284 g/mol. The van der Waals surface area contributed by atoms with Crippen molar-refractivity contribution in [3.8, 4) is 0 Å². The fraction of sp³-hybridized carbons (Fsp3) is 0.500. The molecule has 0 aromatic heterocycles. The first-order valence-electron chi connectivity index (χ1n) is 6.02. The van der Waals surface area contributed by atoms with Crippen LogP contribution in [-0.2, 0) is 20.8 Å². The zero-order valence-corrected chi connectivity index (χ0v) is 13.0. The molecule has 108 valence electrons. The van der Waals surface area contributed by atoms with Crippen molar-refractivity contribution in [1.82, 2.24) is 4.72 Å². The number of hydrogen-bond donors (Lipinski definition) is 2. The average Bonchev–Trinajstić information content (AvgIpc) is 2.37. The zero-order chi connectivity index (χ0) is 14.5. The van der Waals surface area contributed by atoms with Gasteiger partial charge in [0.2, 0.25) is 10.0 Å². The van der Waals surface area contributed by atoms with Gasteiger partial charge in [-0.15, -0.1) is 0 Å². The number of rotatable bonds is 7. The van der Waals surface area contributed by atoms with Gasteiger partial charge in [-0.05, 0) is 38.1 Å². The fourth-order valence-electron chi connectivity index (χ4n) is 1.38. The molecule has 0 radical (unpaired) electrons. The van der Waals surface area contributed by atoms with Crippen LogP contribution in [0.25, 0.3) is 0 Å². The lowest BCUT2D eigenvalue weighted by Gasteiger charge is -2.11. The number of anilines is 1. The summed E-state index contributed by atoms with van der Waals surface area (Å²) in [6.07, 6.45) is 1.56. The first-order valence-corrected chi connectivity index (χ1v) is 9.13. The summed E-state index contributed by atoms with van der Waals surface area (Å²) in [5, 5.41) is 2.88. The molecule has 2 N–H and O–H groups in total. The number of sulfonamides is 1. The largest absolute Gasteiger partial charge is 0.385 e. The lowest BCUT2D eigenvalue weighted by atomic mass is 10.3. The molecule has 0 spiro atoms. The highest BCUT2D eigenvalue weighted by atomic mass is 32.2. The number of hydrogen-bond acceptors (Lipinski definition) is 4. The van der Waals surface area contributed by atoms with E-state index in [-0.39, 0.29) is 16.7 Å². The van der Waals surface area contributed by atoms with Crippen molar-refractivity contribution >= 4 is 26.5 Å². The Labute approximate surface area is 117 Å². The van der Waals surface area contributed by atoms with Crippen molar-refractivity contribution in [1.29, 1.82) is 0 Å². The summed E-state index contributed by atoms with van der Waals surface area (Å²) in [7, 11) is -4.58. The summed E-state index contributed by atoms with van der Waals surface area (Å²) in [6, 6.07) is 6.54. The van der Waals surface area contributed by atoms with E-state index in [4.69, 9.17) is 0 Å². The Kier molecular flexibility index (Phi) is 5.96. The lowest BCUT2D eigenvalue weighted by molar-refractivity contribution is 0.580. The highest BCUT2D eigenvalue weighted by Crippen LogP contribution is 2.13. The van der Waals surface area contributed by atoms with Gasteiger partial charge in [-0.3, -0.25) is 4.21 Å². The van der Waals surface area contributed by atoms with Crippen LogP contribution in [0.15, 0.2) is 29.2 Å². The molecule has 19 heavy (non-hydrogen) atoms. The molecule has 1 rings (SSSR count). The minimum atomic E-state index is -3.53. The molecule has 2 unspecified atom stereocenters. The van der Waals surface area contributed by atoms with Gasteiger partial charge in [0.05, 0.1) is 4.90 Å². The van der Waals surface area contributed by atoms with Gasteiger partial charge in [-0.2, -0.15) is 0 Å². The maximum absolute atomic E-state index is 12.0. The van der Waals surface area contributed by atoms with Crippen LogP contribution in [0.3, 0.4) is 0 Å². The van der Waals surface area contributed by atoms with Gasteiger partial charge in [-0.25, -0.2) is 13.1 Å². The van der Waals surface area contributed by atoms with Crippen LogP contribution in [0.5, 0.6) is 0 Å². The minimum absolute atomic E-state index is 0.167. The van der Waals surface area contributed by atoms with Crippen molar-refractivity contribution < 1.29 is 12.6 Å². The second-order valence-corrected chi connectivity index (χ2v) is 7.78. The van der Waals surface area contributed by atoms with Gasteiger partial charge in [0.1, 0.15) is 0 Å². The first kappa shape index (κ1) is 16.1. The van der Waals surface area contributed by atoms with Crippen molar-refractivity contribution in [3.63, 3.8) is 0 Å². The Morgan fingerprint density at radius 1 is 1.26 bits per heavy atom. The van der Waals surface area contributed by atoms with E-state index < -0.39 is 20.8 Å².